The Hall–Kier alpha value is -2.81. The number of aromatic nitrogens is 3. The van der Waals surface area contributed by atoms with Crippen LogP contribution < -0.4 is 10.6 Å². The molecule has 1 aliphatic heterocycles. The van der Waals surface area contributed by atoms with Gasteiger partial charge in [-0.3, -0.25) is 9.59 Å². The van der Waals surface area contributed by atoms with E-state index in [4.69, 9.17) is 5.11 Å². The molecule has 8 nitrogen and oxygen atoms in total. The molecule has 9 heteroatoms. The van der Waals surface area contributed by atoms with E-state index in [0.717, 1.165) is 0 Å². The highest BCUT2D eigenvalue weighted by molar-refractivity contribution is 5.96. The zero-order chi connectivity index (χ0) is 19.8. The molecule has 2 heterocycles. The largest absolute Gasteiger partial charge is 0.480 e. The molecule has 3 rings (SSSR count). The first kappa shape index (κ1) is 19.0. The number of carboxylic acids is 1. The molecule has 0 spiro atoms. The number of aryl methyl sites for hydroxylation is 1. The number of carbonyl (C=O) groups excluding carboxylic acids is 1. The number of aliphatic carboxylic acids is 1. The molecule has 1 aromatic heterocycles. The van der Waals surface area contributed by atoms with Gasteiger partial charge < -0.3 is 15.7 Å². The van der Waals surface area contributed by atoms with Crippen LogP contribution in [0.3, 0.4) is 0 Å². The van der Waals surface area contributed by atoms with E-state index >= 15 is 0 Å². The second kappa shape index (κ2) is 7.07. The Morgan fingerprint density at radius 1 is 1.41 bits per heavy atom. The van der Waals surface area contributed by atoms with E-state index in [0.29, 0.717) is 24.2 Å². The van der Waals surface area contributed by atoms with Crippen molar-refractivity contribution in [1.82, 2.24) is 25.6 Å². The SMILES string of the molecule is Cc1ccc(F)cc1C(=O)NC(C)(C)c1cn([C@@H]2CN[C@H](C(=O)O)C2)nn1. The van der Waals surface area contributed by atoms with Crippen molar-refractivity contribution in [3.8, 4) is 0 Å². The van der Waals surface area contributed by atoms with Crippen LogP contribution in [0, 0.1) is 12.7 Å². The Labute approximate surface area is 155 Å². The number of carbonyl (C=O) groups is 2. The number of nitrogens with one attached hydrogen (secondary N) is 2. The lowest BCUT2D eigenvalue weighted by Crippen LogP contribution is -2.41. The number of hydrogen-bond acceptors (Lipinski definition) is 5. The number of amides is 1. The molecular weight excluding hydrogens is 353 g/mol. The molecule has 27 heavy (non-hydrogen) atoms. The predicted molar refractivity (Wildman–Crippen MR) is 94.7 cm³/mol. The Morgan fingerprint density at radius 3 is 2.81 bits per heavy atom. The number of nitrogens with zero attached hydrogens (tertiary/aromatic N) is 3. The smallest absolute Gasteiger partial charge is 0.320 e. The standard InChI is InChI=1S/C18H22FN5O3/c1-10-4-5-11(19)6-13(10)16(25)21-18(2,3)15-9-24(23-22-15)12-7-14(17(26)27)20-8-12/h4-6,9,12,14,20H,7-8H2,1-3H3,(H,21,25)(H,26,27)/t12-,14-/m0/s1. The normalized spacial score (nSPS) is 19.9. The van der Waals surface area contributed by atoms with Gasteiger partial charge in [0.15, 0.2) is 0 Å². The average molecular weight is 375 g/mol. The fourth-order valence-corrected chi connectivity index (χ4v) is 3.10. The topological polar surface area (TPSA) is 109 Å². The third-order valence-corrected chi connectivity index (χ3v) is 4.80. The van der Waals surface area contributed by atoms with E-state index in [-0.39, 0.29) is 11.6 Å². The van der Waals surface area contributed by atoms with Crippen molar-refractivity contribution in [2.75, 3.05) is 6.54 Å². The van der Waals surface area contributed by atoms with Gasteiger partial charge in [-0.25, -0.2) is 9.07 Å². The van der Waals surface area contributed by atoms with E-state index in [1.54, 1.807) is 37.7 Å². The lowest BCUT2D eigenvalue weighted by atomic mass is 9.99. The first-order valence-electron chi connectivity index (χ1n) is 8.64. The zero-order valence-corrected chi connectivity index (χ0v) is 15.4. The molecule has 3 N–H and O–H groups in total. The molecular formula is C18H22FN5O3. The number of hydrogen-bond donors (Lipinski definition) is 3. The first-order chi connectivity index (χ1) is 12.7. The third-order valence-electron chi connectivity index (χ3n) is 4.80. The summed E-state index contributed by atoms with van der Waals surface area (Å²) in [5.41, 5.74) is 0.625. The molecule has 1 amide bonds. The molecule has 0 bridgehead atoms. The maximum absolute atomic E-state index is 13.5. The second-order valence-corrected chi connectivity index (χ2v) is 7.31. The Morgan fingerprint density at radius 2 is 2.15 bits per heavy atom. The first-order valence-corrected chi connectivity index (χ1v) is 8.64. The van der Waals surface area contributed by atoms with Crippen LogP contribution in [0.5, 0.6) is 0 Å². The molecule has 2 atom stereocenters. The monoisotopic (exact) mass is 375 g/mol. The highest BCUT2D eigenvalue weighted by atomic mass is 19.1. The van der Waals surface area contributed by atoms with Crippen LogP contribution in [0.2, 0.25) is 0 Å². The van der Waals surface area contributed by atoms with Gasteiger partial charge in [0, 0.05) is 12.1 Å². The summed E-state index contributed by atoms with van der Waals surface area (Å²) in [6.45, 7) is 5.78. The van der Waals surface area contributed by atoms with Gasteiger partial charge in [-0.15, -0.1) is 5.10 Å². The van der Waals surface area contributed by atoms with E-state index < -0.39 is 29.3 Å². The summed E-state index contributed by atoms with van der Waals surface area (Å²) in [5, 5.41) is 23.1. The number of halogens is 1. The van der Waals surface area contributed by atoms with Crippen LogP contribution in [0.1, 0.15) is 47.9 Å². The van der Waals surface area contributed by atoms with E-state index in [1.807, 2.05) is 0 Å². The predicted octanol–water partition coefficient (Wildman–Crippen LogP) is 1.38. The van der Waals surface area contributed by atoms with Crippen LogP contribution in [0.4, 0.5) is 4.39 Å². The third kappa shape index (κ3) is 3.97. The summed E-state index contributed by atoms with van der Waals surface area (Å²) in [6, 6.07) is 3.34. The van der Waals surface area contributed by atoms with E-state index in [2.05, 4.69) is 20.9 Å². The molecule has 1 aliphatic rings. The zero-order valence-electron chi connectivity index (χ0n) is 15.4. The summed E-state index contributed by atoms with van der Waals surface area (Å²) < 4.78 is 15.1. The lowest BCUT2D eigenvalue weighted by Gasteiger charge is -2.24. The van der Waals surface area contributed by atoms with Crippen molar-refractivity contribution < 1.29 is 19.1 Å². The van der Waals surface area contributed by atoms with Crippen molar-refractivity contribution in [3.63, 3.8) is 0 Å². The molecule has 0 saturated carbocycles. The fraction of sp³-hybridized carbons (Fsp3) is 0.444. The minimum absolute atomic E-state index is 0.121. The van der Waals surface area contributed by atoms with Gasteiger partial charge in [0.05, 0.1) is 17.8 Å². The van der Waals surface area contributed by atoms with Crippen molar-refractivity contribution in [2.45, 2.75) is 44.8 Å². The summed E-state index contributed by atoms with van der Waals surface area (Å²) in [5.74, 6) is -1.77. The van der Waals surface area contributed by atoms with Gasteiger partial charge >= 0.3 is 5.97 Å². The van der Waals surface area contributed by atoms with Crippen molar-refractivity contribution >= 4 is 11.9 Å². The van der Waals surface area contributed by atoms with Gasteiger partial charge in [0.2, 0.25) is 0 Å². The van der Waals surface area contributed by atoms with Crippen LogP contribution in [0.15, 0.2) is 24.4 Å². The number of benzene rings is 1. The van der Waals surface area contributed by atoms with Crippen LogP contribution in [-0.4, -0.2) is 44.6 Å². The van der Waals surface area contributed by atoms with E-state index in [9.17, 15) is 14.0 Å². The highest BCUT2D eigenvalue weighted by Gasteiger charge is 2.33. The molecule has 2 aromatic rings. The number of rotatable bonds is 5. The van der Waals surface area contributed by atoms with Crippen LogP contribution >= 0.6 is 0 Å². The minimum Gasteiger partial charge on any atom is -0.480 e. The second-order valence-electron chi connectivity index (χ2n) is 7.31. The lowest BCUT2D eigenvalue weighted by molar-refractivity contribution is -0.139. The van der Waals surface area contributed by atoms with Crippen LogP contribution in [-0.2, 0) is 10.3 Å². The summed E-state index contributed by atoms with van der Waals surface area (Å²) >= 11 is 0. The Bertz CT molecular complexity index is 880. The Balaban J connectivity index is 1.74. The fourth-order valence-electron chi connectivity index (χ4n) is 3.10. The summed E-state index contributed by atoms with van der Waals surface area (Å²) in [7, 11) is 0. The highest BCUT2D eigenvalue weighted by Crippen LogP contribution is 2.23. The minimum atomic E-state index is -0.893. The average Bonchev–Trinajstić information content (AvgIpc) is 3.25. The summed E-state index contributed by atoms with van der Waals surface area (Å²) in [4.78, 5) is 23.6. The van der Waals surface area contributed by atoms with Gasteiger partial charge in [-0.05, 0) is 44.9 Å². The van der Waals surface area contributed by atoms with Gasteiger partial charge in [0.25, 0.3) is 5.91 Å². The van der Waals surface area contributed by atoms with Gasteiger partial charge in [-0.1, -0.05) is 11.3 Å². The van der Waals surface area contributed by atoms with Crippen molar-refractivity contribution in [3.05, 3.63) is 47.0 Å². The molecule has 1 aromatic carbocycles. The molecule has 0 radical (unpaired) electrons. The Kier molecular flexibility index (Phi) is 4.97. The van der Waals surface area contributed by atoms with Crippen molar-refractivity contribution in [1.29, 1.82) is 0 Å². The van der Waals surface area contributed by atoms with Gasteiger partial charge in [-0.2, -0.15) is 0 Å². The van der Waals surface area contributed by atoms with Crippen molar-refractivity contribution in [2.24, 2.45) is 0 Å². The molecule has 1 saturated heterocycles. The number of carboxylic acid groups (broad SMARTS) is 1. The van der Waals surface area contributed by atoms with Gasteiger partial charge in [0.1, 0.15) is 17.6 Å². The summed E-state index contributed by atoms with van der Waals surface area (Å²) in [6.07, 6.45) is 2.11. The maximum Gasteiger partial charge on any atom is 0.320 e. The quantitative estimate of drug-likeness (QED) is 0.728. The molecule has 0 unspecified atom stereocenters. The van der Waals surface area contributed by atoms with Crippen LogP contribution in [0.25, 0.3) is 0 Å². The molecule has 144 valence electrons. The molecule has 1 fully saturated rings. The van der Waals surface area contributed by atoms with E-state index in [1.165, 1.54) is 12.1 Å². The maximum atomic E-state index is 13.5. The molecule has 0 aliphatic carbocycles.